The van der Waals surface area contributed by atoms with Gasteiger partial charge in [0.05, 0.1) is 26.4 Å². The van der Waals surface area contributed by atoms with Crippen molar-refractivity contribution in [2.45, 2.75) is 37.6 Å². The fourth-order valence-corrected chi connectivity index (χ4v) is 4.64. The van der Waals surface area contributed by atoms with Crippen molar-refractivity contribution in [3.63, 3.8) is 0 Å². The highest BCUT2D eigenvalue weighted by Gasteiger charge is 2.43. The largest absolute Gasteiger partial charge is 0.397 e. The van der Waals surface area contributed by atoms with Crippen molar-refractivity contribution in [1.82, 2.24) is 0 Å². The van der Waals surface area contributed by atoms with Gasteiger partial charge in [0.15, 0.2) is 24.6 Å². The number of hydrogen-bond acceptors (Lipinski definition) is 18. The van der Waals surface area contributed by atoms with Gasteiger partial charge in [0.2, 0.25) is 0 Å². The molecule has 0 saturated heterocycles. The lowest BCUT2D eigenvalue weighted by atomic mass is 10.0. The lowest BCUT2D eigenvalue weighted by Gasteiger charge is -2.34. The zero-order chi connectivity index (χ0) is 30.8. The van der Waals surface area contributed by atoms with E-state index in [1.165, 1.54) is 0 Å². The fraction of sp³-hybridized carbons (Fsp3) is 0.400. The molecule has 0 spiro atoms. The van der Waals surface area contributed by atoms with Crippen molar-refractivity contribution in [2.75, 3.05) is 13.2 Å². The normalized spacial score (nSPS) is 15.2. The van der Waals surface area contributed by atoms with Crippen LogP contribution in [0, 0.1) is 0 Å². The molecule has 238 valence electrons. The Balaban J connectivity index is 2.49. The number of ether oxygens (including phenoxy) is 2. The smallest absolute Gasteiger partial charge is 0.368 e. The van der Waals surface area contributed by atoms with E-state index in [0.29, 0.717) is 11.1 Å². The van der Waals surface area contributed by atoms with Gasteiger partial charge in [0.1, 0.15) is 24.4 Å². The zero-order valence-corrected chi connectivity index (χ0v) is 24.3. The average molecular weight is 683 g/mol. The Morgan fingerprint density at radius 2 is 1.17 bits per heavy atom. The monoisotopic (exact) mass is 682 g/mol. The van der Waals surface area contributed by atoms with E-state index in [1.54, 1.807) is 60.7 Å². The second kappa shape index (κ2) is 19.7. The Morgan fingerprint density at radius 3 is 1.64 bits per heavy atom. The first-order chi connectivity index (χ1) is 20.0. The van der Waals surface area contributed by atoms with Crippen LogP contribution in [-0.4, -0.2) is 74.1 Å². The van der Waals surface area contributed by atoms with E-state index in [1.807, 2.05) is 0 Å². The summed E-state index contributed by atoms with van der Waals surface area (Å²) in [5, 5.41) is 23.8. The molecule has 2 aromatic carbocycles. The molecule has 0 fully saturated rings. The number of rotatable bonds is 23. The summed E-state index contributed by atoms with van der Waals surface area (Å²) in [5.41, 5.74) is 1.15. The van der Waals surface area contributed by atoms with Crippen molar-refractivity contribution >= 4 is 45.4 Å². The lowest BCUT2D eigenvalue weighted by Crippen LogP contribution is -2.52. The summed E-state index contributed by atoms with van der Waals surface area (Å²) in [6, 6.07) is 16.8. The molecule has 4 atom stereocenters. The molecule has 22 heteroatoms. The third-order valence-electron chi connectivity index (χ3n) is 4.83. The van der Waals surface area contributed by atoms with Crippen molar-refractivity contribution in [3.05, 3.63) is 71.8 Å². The maximum Gasteiger partial charge on any atom is 0.397 e. The summed E-state index contributed by atoms with van der Waals surface area (Å²) in [6.45, 7) is -2.09. The van der Waals surface area contributed by atoms with E-state index in [0.717, 1.165) is 0 Å². The van der Waals surface area contributed by atoms with Crippen LogP contribution in [-0.2, 0) is 79.0 Å². The lowest BCUT2D eigenvalue weighted by molar-refractivity contribution is -0.434. The first-order valence-corrected chi connectivity index (χ1v) is 15.2. The summed E-state index contributed by atoms with van der Waals surface area (Å²) in [6.07, 6.45) is -7.03. The minimum atomic E-state index is -5.35. The SMILES string of the molecule is O=S(=O)(O)OCC(OCc1ccccc1)C(OS(=O)(=O)O)C(OSOOO)C(COSOOO)OCc1ccccc1. The molecule has 4 unspecified atom stereocenters. The summed E-state index contributed by atoms with van der Waals surface area (Å²) in [4.78, 5) is 0. The highest BCUT2D eigenvalue weighted by molar-refractivity contribution is 7.90. The van der Waals surface area contributed by atoms with Crippen LogP contribution in [0.2, 0.25) is 0 Å². The molecule has 0 radical (unpaired) electrons. The molecular weight excluding hydrogens is 656 g/mol. The maximum absolute atomic E-state index is 11.9. The molecule has 0 aliphatic heterocycles. The van der Waals surface area contributed by atoms with Crippen molar-refractivity contribution < 1.29 is 81.4 Å². The minimum Gasteiger partial charge on any atom is -0.368 e. The van der Waals surface area contributed by atoms with Gasteiger partial charge in [-0.3, -0.25) is 17.5 Å². The molecule has 0 aliphatic rings. The Hall–Kier alpha value is -1.52. The highest BCUT2D eigenvalue weighted by atomic mass is 32.3. The van der Waals surface area contributed by atoms with Crippen molar-refractivity contribution in [3.8, 4) is 0 Å². The summed E-state index contributed by atoms with van der Waals surface area (Å²) in [7, 11) is -10.4. The third-order valence-corrected chi connectivity index (χ3v) is 6.50. The molecule has 42 heavy (non-hydrogen) atoms. The zero-order valence-electron chi connectivity index (χ0n) is 21.0. The molecule has 0 amide bonds. The van der Waals surface area contributed by atoms with Crippen LogP contribution < -0.4 is 0 Å². The van der Waals surface area contributed by atoms with E-state index in [4.69, 9.17) is 37.1 Å². The van der Waals surface area contributed by atoms with Crippen molar-refractivity contribution in [1.29, 1.82) is 0 Å². The van der Waals surface area contributed by atoms with Gasteiger partial charge in [-0.15, -0.1) is 8.67 Å². The highest BCUT2D eigenvalue weighted by Crippen LogP contribution is 2.27. The van der Waals surface area contributed by atoms with Gasteiger partial charge >= 0.3 is 20.8 Å². The average Bonchev–Trinajstić information content (AvgIpc) is 2.94. The number of benzene rings is 2. The summed E-state index contributed by atoms with van der Waals surface area (Å²) < 4.78 is 105. The van der Waals surface area contributed by atoms with Crippen LogP contribution in [0.15, 0.2) is 60.7 Å². The first-order valence-electron chi connectivity index (χ1n) is 11.2. The van der Waals surface area contributed by atoms with Crippen LogP contribution in [0.3, 0.4) is 0 Å². The van der Waals surface area contributed by atoms with Gasteiger partial charge in [0.25, 0.3) is 0 Å². The van der Waals surface area contributed by atoms with Gasteiger partial charge in [-0.25, -0.2) is 18.9 Å². The second-order valence-electron chi connectivity index (χ2n) is 7.64. The molecule has 18 nitrogen and oxygen atoms in total. The van der Waals surface area contributed by atoms with Crippen LogP contribution in [0.25, 0.3) is 0 Å². The second-order valence-corrected chi connectivity index (χ2v) is 10.7. The van der Waals surface area contributed by atoms with E-state index in [-0.39, 0.29) is 37.9 Å². The van der Waals surface area contributed by atoms with E-state index < -0.39 is 58.4 Å². The fourth-order valence-electron chi connectivity index (χ4n) is 3.18. The summed E-state index contributed by atoms with van der Waals surface area (Å²) >= 11 is 0.0501. The predicted octanol–water partition coefficient (Wildman–Crippen LogP) is 2.54. The molecule has 0 saturated carbocycles. The van der Waals surface area contributed by atoms with E-state index in [9.17, 15) is 21.4 Å². The van der Waals surface area contributed by atoms with E-state index in [2.05, 4.69) is 22.9 Å². The molecule has 0 aliphatic carbocycles. The van der Waals surface area contributed by atoms with Crippen LogP contribution in [0.4, 0.5) is 0 Å². The van der Waals surface area contributed by atoms with Crippen LogP contribution in [0.1, 0.15) is 11.1 Å². The third kappa shape index (κ3) is 15.8. The van der Waals surface area contributed by atoms with E-state index >= 15 is 0 Å². The van der Waals surface area contributed by atoms with Crippen molar-refractivity contribution in [2.24, 2.45) is 0 Å². The summed E-state index contributed by atoms with van der Waals surface area (Å²) in [5.74, 6) is 0. The predicted molar refractivity (Wildman–Crippen MR) is 140 cm³/mol. The molecule has 2 rings (SSSR count). The van der Waals surface area contributed by atoms with Crippen LogP contribution >= 0.6 is 24.6 Å². The first kappa shape index (κ1) is 36.7. The Kier molecular flexibility index (Phi) is 17.2. The molecule has 2 aromatic rings. The Labute approximate surface area is 249 Å². The van der Waals surface area contributed by atoms with Gasteiger partial charge in [-0.2, -0.15) is 16.8 Å². The van der Waals surface area contributed by atoms with Crippen LogP contribution in [0.5, 0.6) is 0 Å². The van der Waals surface area contributed by atoms with Gasteiger partial charge in [-0.05, 0) is 11.1 Å². The maximum atomic E-state index is 11.9. The molecule has 0 bridgehead atoms. The molecule has 0 aromatic heterocycles. The van der Waals surface area contributed by atoms with Gasteiger partial charge < -0.3 is 9.47 Å². The topological polar surface area (TPSA) is 241 Å². The van der Waals surface area contributed by atoms with Gasteiger partial charge in [-0.1, -0.05) is 70.7 Å². The standard InChI is InChI=1S/C20H26O18S4/c21-35-37-39-31-13-17(29-11-15-7-3-1-4-8-15)19(33-40-38-36-22)20(34-42(26,27)28)18(14-32-41(23,24)25)30-12-16-9-5-2-6-10-16/h1-10,17-22H,11-14H2,(H,23,24,25)(H,26,27,28). The quantitative estimate of drug-likeness (QED) is 0.0432. The number of hydrogen-bond donors (Lipinski definition) is 4. The van der Waals surface area contributed by atoms with Gasteiger partial charge in [0, 0.05) is 0 Å². The Morgan fingerprint density at radius 1 is 0.667 bits per heavy atom. The molecule has 0 heterocycles. The molecule has 4 N–H and O–H groups in total. The molecular formula is C20H26O18S4. The minimum absolute atomic E-state index is 0.0661. The Bertz CT molecular complexity index is 1200.